The summed E-state index contributed by atoms with van der Waals surface area (Å²) in [4.78, 5) is 4.34. The van der Waals surface area contributed by atoms with Crippen molar-refractivity contribution in [3.8, 4) is 11.4 Å². The fourth-order valence-electron chi connectivity index (χ4n) is 2.52. The second-order valence-corrected chi connectivity index (χ2v) is 4.68. The maximum Gasteiger partial charge on any atom is 0.164 e. The van der Waals surface area contributed by atoms with E-state index in [-0.39, 0.29) is 0 Å². The quantitative estimate of drug-likeness (QED) is 0.713. The first-order valence-electron chi connectivity index (χ1n) is 6.40. The van der Waals surface area contributed by atoms with Crippen LogP contribution in [0, 0.1) is 0 Å². The van der Waals surface area contributed by atoms with E-state index in [9.17, 15) is 0 Å². The molecule has 0 atom stereocenters. The summed E-state index contributed by atoms with van der Waals surface area (Å²) >= 11 is 0. The molecule has 5 heteroatoms. The van der Waals surface area contributed by atoms with Gasteiger partial charge in [0.05, 0.1) is 12.1 Å². The van der Waals surface area contributed by atoms with E-state index < -0.39 is 0 Å². The molecular weight excluding hydrogens is 238 g/mol. The van der Waals surface area contributed by atoms with Crippen LogP contribution in [0.5, 0.6) is 0 Å². The van der Waals surface area contributed by atoms with Crippen molar-refractivity contribution in [1.29, 1.82) is 0 Å². The predicted molar refractivity (Wildman–Crippen MR) is 72.5 cm³/mol. The molecule has 0 saturated carbocycles. The molecule has 5 nitrogen and oxygen atoms in total. The molecule has 0 radical (unpaired) electrons. The van der Waals surface area contributed by atoms with Gasteiger partial charge in [-0.1, -0.05) is 6.07 Å². The molecule has 0 spiro atoms. The minimum absolute atomic E-state index is 0.794. The zero-order chi connectivity index (χ0) is 12.7. The Morgan fingerprint density at radius 2 is 2.16 bits per heavy atom. The summed E-state index contributed by atoms with van der Waals surface area (Å²) in [7, 11) is 0. The Hall–Kier alpha value is -2.27. The average molecular weight is 251 g/mol. The lowest BCUT2D eigenvalue weighted by molar-refractivity contribution is 0.508. The van der Waals surface area contributed by atoms with Gasteiger partial charge in [-0.3, -0.25) is 4.98 Å². The average Bonchev–Trinajstić information content (AvgIpc) is 2.91. The van der Waals surface area contributed by atoms with Crippen LogP contribution in [0.2, 0.25) is 0 Å². The number of pyridine rings is 1. The van der Waals surface area contributed by atoms with Crippen molar-refractivity contribution in [1.82, 2.24) is 25.1 Å². The number of rotatable bonds is 1. The smallest absolute Gasteiger partial charge is 0.164 e. The van der Waals surface area contributed by atoms with Gasteiger partial charge >= 0.3 is 0 Å². The van der Waals surface area contributed by atoms with E-state index in [4.69, 9.17) is 0 Å². The van der Waals surface area contributed by atoms with Gasteiger partial charge in [0, 0.05) is 30.2 Å². The molecular formula is C14H13N5. The van der Waals surface area contributed by atoms with E-state index in [0.717, 1.165) is 47.7 Å². The highest BCUT2D eigenvalue weighted by Crippen LogP contribution is 2.23. The summed E-state index contributed by atoms with van der Waals surface area (Å²) in [5, 5.41) is 13.0. The summed E-state index contributed by atoms with van der Waals surface area (Å²) in [6.07, 6.45) is 1.81. The highest BCUT2D eigenvalue weighted by atomic mass is 15.3. The molecule has 0 amide bonds. The standard InChI is InChI=1S/C14H13N5/c1-2-10-8-11(3-4-12(10)16-5-1)14-18-17-13-9-15-6-7-19(13)14/h1-5,8,15H,6-7,9H2. The molecule has 3 heterocycles. The third-order valence-corrected chi connectivity index (χ3v) is 3.48. The number of benzene rings is 1. The highest BCUT2D eigenvalue weighted by molar-refractivity contribution is 5.83. The molecule has 19 heavy (non-hydrogen) atoms. The third-order valence-electron chi connectivity index (χ3n) is 3.48. The Kier molecular flexibility index (Phi) is 2.31. The summed E-state index contributed by atoms with van der Waals surface area (Å²) in [5.41, 5.74) is 2.10. The first-order chi connectivity index (χ1) is 9.42. The van der Waals surface area contributed by atoms with E-state index >= 15 is 0 Å². The molecule has 2 aromatic heterocycles. The van der Waals surface area contributed by atoms with Crippen LogP contribution in [0.4, 0.5) is 0 Å². The van der Waals surface area contributed by atoms with Crippen LogP contribution in [0.1, 0.15) is 5.82 Å². The molecule has 0 fully saturated rings. The molecule has 1 aliphatic rings. The number of aromatic nitrogens is 4. The highest BCUT2D eigenvalue weighted by Gasteiger charge is 2.16. The molecule has 4 rings (SSSR count). The van der Waals surface area contributed by atoms with Crippen LogP contribution in [-0.2, 0) is 13.1 Å². The van der Waals surface area contributed by atoms with Crippen molar-refractivity contribution in [3.63, 3.8) is 0 Å². The molecule has 1 N–H and O–H groups in total. The first-order valence-corrected chi connectivity index (χ1v) is 6.40. The third kappa shape index (κ3) is 1.70. The van der Waals surface area contributed by atoms with Crippen LogP contribution in [0.25, 0.3) is 22.3 Å². The van der Waals surface area contributed by atoms with Crippen LogP contribution < -0.4 is 5.32 Å². The molecule has 0 saturated heterocycles. The van der Waals surface area contributed by atoms with Crippen LogP contribution in [0.3, 0.4) is 0 Å². The number of fused-ring (bicyclic) bond motifs is 2. The Balaban J connectivity index is 1.88. The number of hydrogen-bond donors (Lipinski definition) is 1. The van der Waals surface area contributed by atoms with E-state index in [2.05, 4.69) is 43.3 Å². The normalized spacial score (nSPS) is 14.5. The Labute approximate surface area is 110 Å². The van der Waals surface area contributed by atoms with Crippen molar-refractivity contribution in [2.24, 2.45) is 0 Å². The molecule has 1 aliphatic heterocycles. The number of nitrogens with one attached hydrogen (secondary N) is 1. The van der Waals surface area contributed by atoms with Gasteiger partial charge in [-0.15, -0.1) is 10.2 Å². The van der Waals surface area contributed by atoms with Crippen molar-refractivity contribution in [2.75, 3.05) is 6.54 Å². The topological polar surface area (TPSA) is 55.6 Å². The van der Waals surface area contributed by atoms with Gasteiger partial charge in [0.2, 0.25) is 0 Å². The monoisotopic (exact) mass is 251 g/mol. The first kappa shape index (κ1) is 10.6. The van der Waals surface area contributed by atoms with Crippen LogP contribution in [-0.4, -0.2) is 26.3 Å². The van der Waals surface area contributed by atoms with Gasteiger partial charge in [-0.05, 0) is 24.3 Å². The summed E-state index contributed by atoms with van der Waals surface area (Å²) < 4.78 is 2.19. The van der Waals surface area contributed by atoms with E-state index in [1.807, 2.05) is 18.3 Å². The van der Waals surface area contributed by atoms with Gasteiger partial charge in [0.15, 0.2) is 5.82 Å². The fourth-order valence-corrected chi connectivity index (χ4v) is 2.52. The second kappa shape index (κ2) is 4.13. The zero-order valence-corrected chi connectivity index (χ0v) is 10.4. The summed E-state index contributed by atoms with van der Waals surface area (Å²) in [5.74, 6) is 1.95. The minimum Gasteiger partial charge on any atom is -0.309 e. The van der Waals surface area contributed by atoms with Gasteiger partial charge < -0.3 is 9.88 Å². The van der Waals surface area contributed by atoms with Gasteiger partial charge in [-0.25, -0.2) is 0 Å². The number of nitrogens with zero attached hydrogens (tertiary/aromatic N) is 4. The molecule has 0 aliphatic carbocycles. The lowest BCUT2D eigenvalue weighted by Crippen LogP contribution is -2.28. The largest absolute Gasteiger partial charge is 0.309 e. The van der Waals surface area contributed by atoms with E-state index in [1.165, 1.54) is 0 Å². The maximum atomic E-state index is 4.34. The van der Waals surface area contributed by atoms with Crippen LogP contribution >= 0.6 is 0 Å². The Morgan fingerprint density at radius 3 is 3.16 bits per heavy atom. The fraction of sp³-hybridized carbons (Fsp3) is 0.214. The molecule has 1 aromatic carbocycles. The minimum atomic E-state index is 0.794. The SMILES string of the molecule is c1cnc2ccc(-c3nnc4n3CCNC4)cc2c1. The van der Waals surface area contributed by atoms with Gasteiger partial charge in [0.1, 0.15) is 5.82 Å². The number of hydrogen-bond acceptors (Lipinski definition) is 4. The molecule has 3 aromatic rings. The van der Waals surface area contributed by atoms with E-state index in [0.29, 0.717) is 0 Å². The van der Waals surface area contributed by atoms with Crippen molar-refractivity contribution >= 4 is 10.9 Å². The van der Waals surface area contributed by atoms with Crippen molar-refractivity contribution in [2.45, 2.75) is 13.1 Å². The maximum absolute atomic E-state index is 4.34. The Bertz CT molecular complexity index is 746. The summed E-state index contributed by atoms with van der Waals surface area (Å²) in [6.45, 7) is 2.68. The molecule has 0 bridgehead atoms. The van der Waals surface area contributed by atoms with E-state index in [1.54, 1.807) is 0 Å². The Morgan fingerprint density at radius 1 is 1.16 bits per heavy atom. The zero-order valence-electron chi connectivity index (χ0n) is 10.4. The second-order valence-electron chi connectivity index (χ2n) is 4.68. The lowest BCUT2D eigenvalue weighted by Gasteiger charge is -2.16. The molecule has 0 unspecified atom stereocenters. The van der Waals surface area contributed by atoms with Gasteiger partial charge in [-0.2, -0.15) is 0 Å². The predicted octanol–water partition coefficient (Wildman–Crippen LogP) is 1.60. The van der Waals surface area contributed by atoms with Crippen molar-refractivity contribution in [3.05, 3.63) is 42.4 Å². The van der Waals surface area contributed by atoms with Crippen molar-refractivity contribution < 1.29 is 0 Å². The molecule has 94 valence electrons. The lowest BCUT2D eigenvalue weighted by atomic mass is 10.1. The van der Waals surface area contributed by atoms with Gasteiger partial charge in [0.25, 0.3) is 0 Å². The van der Waals surface area contributed by atoms with Crippen LogP contribution in [0.15, 0.2) is 36.5 Å². The summed E-state index contributed by atoms with van der Waals surface area (Å²) in [6, 6.07) is 10.2.